The molecule has 0 spiro atoms. The molecule has 0 fully saturated rings. The van der Waals surface area contributed by atoms with Crippen LogP contribution < -0.4 is 16.0 Å². The van der Waals surface area contributed by atoms with Crippen molar-refractivity contribution in [3.8, 4) is 0 Å². The first-order valence-corrected chi connectivity index (χ1v) is 11.1. The first-order chi connectivity index (χ1) is 13.9. The number of rotatable bonds is 15. The Balaban J connectivity index is 5.13. The van der Waals surface area contributed by atoms with Gasteiger partial charge in [0.1, 0.15) is 11.4 Å². The fourth-order valence-electron chi connectivity index (χ4n) is 3.79. The zero-order valence-electron chi connectivity index (χ0n) is 20.5. The molecule has 0 saturated carbocycles. The molecule has 0 aliphatic rings. The number of nitrogens with zero attached hydrogens (tertiary/aromatic N) is 1. The summed E-state index contributed by atoms with van der Waals surface area (Å²) in [6.45, 7) is 13.8. The molecule has 30 heavy (non-hydrogen) atoms. The Morgan fingerprint density at radius 1 is 1.17 bits per heavy atom. The molecule has 0 heterocycles. The first kappa shape index (κ1) is 28.4. The minimum Gasteiger partial charge on any atom is -0.331 e. The lowest BCUT2D eigenvalue weighted by atomic mass is 9.80. The molecule has 1 amide bonds. The van der Waals surface area contributed by atoms with Crippen LogP contribution in [0.4, 0.5) is 0 Å². The third kappa shape index (κ3) is 9.47. The van der Waals surface area contributed by atoms with Gasteiger partial charge >= 0.3 is 0 Å². The van der Waals surface area contributed by atoms with E-state index in [4.69, 9.17) is 0 Å². The molecule has 0 saturated heterocycles. The fourth-order valence-corrected chi connectivity index (χ4v) is 3.79. The van der Waals surface area contributed by atoms with E-state index in [0.717, 1.165) is 18.6 Å². The molecule has 174 valence electrons. The molecule has 0 aliphatic carbocycles. The molecular formula is C23H44N4O3. The van der Waals surface area contributed by atoms with Crippen molar-refractivity contribution in [3.63, 3.8) is 0 Å². The summed E-state index contributed by atoms with van der Waals surface area (Å²) >= 11 is 0. The van der Waals surface area contributed by atoms with Crippen molar-refractivity contribution in [2.24, 2.45) is 22.7 Å². The molecule has 7 nitrogen and oxygen atoms in total. The van der Waals surface area contributed by atoms with Gasteiger partial charge in [-0.2, -0.15) is 0 Å². The number of Topliss-reactive ketones (excluding diaryl/α,β-unsaturated/α-hetero) is 1. The van der Waals surface area contributed by atoms with Gasteiger partial charge in [-0.3, -0.25) is 24.7 Å². The Morgan fingerprint density at radius 3 is 2.20 bits per heavy atom. The summed E-state index contributed by atoms with van der Waals surface area (Å²) in [5.41, 5.74) is -0.250. The molecule has 0 rings (SSSR count). The van der Waals surface area contributed by atoms with E-state index < -0.39 is 11.7 Å². The monoisotopic (exact) mass is 424 g/mol. The van der Waals surface area contributed by atoms with Crippen LogP contribution in [0.25, 0.3) is 0 Å². The molecule has 0 aromatic heterocycles. The fraction of sp³-hybridized carbons (Fsp3) is 0.826. The molecule has 5 unspecified atom stereocenters. The zero-order valence-corrected chi connectivity index (χ0v) is 20.5. The van der Waals surface area contributed by atoms with Crippen LogP contribution in [-0.2, 0) is 14.4 Å². The van der Waals surface area contributed by atoms with Crippen LogP contribution in [0.2, 0.25) is 0 Å². The average Bonchev–Trinajstić information content (AvgIpc) is 2.68. The minimum atomic E-state index is -1.31. The Hall–Kier alpha value is -1.60. The van der Waals surface area contributed by atoms with Crippen molar-refractivity contribution in [3.05, 3.63) is 0 Å². The maximum atomic E-state index is 12.9. The van der Waals surface area contributed by atoms with Crippen molar-refractivity contribution in [1.82, 2.24) is 16.0 Å². The van der Waals surface area contributed by atoms with Crippen molar-refractivity contribution >= 4 is 23.7 Å². The van der Waals surface area contributed by atoms with Crippen LogP contribution in [0, 0.1) is 17.8 Å². The topological polar surface area (TPSA) is 99.7 Å². The molecule has 7 heteroatoms. The van der Waals surface area contributed by atoms with Crippen LogP contribution in [0.3, 0.4) is 0 Å². The minimum absolute atomic E-state index is 0.0150. The third-order valence-corrected chi connectivity index (χ3v) is 5.68. The lowest BCUT2D eigenvalue weighted by Gasteiger charge is -2.32. The summed E-state index contributed by atoms with van der Waals surface area (Å²) in [6, 6.07) is -0.948. The predicted octanol–water partition coefficient (Wildman–Crippen LogP) is 2.73. The van der Waals surface area contributed by atoms with Gasteiger partial charge in [0.25, 0.3) is 0 Å². The van der Waals surface area contributed by atoms with Gasteiger partial charge in [0.2, 0.25) is 5.91 Å². The lowest BCUT2D eigenvalue weighted by molar-refractivity contribution is -0.130. The Bertz CT molecular complexity index is 591. The number of carbonyl (C=O) groups excluding carboxylic acids is 3. The molecule has 5 atom stereocenters. The molecule has 0 aromatic carbocycles. The second-order valence-corrected chi connectivity index (χ2v) is 9.05. The Kier molecular flexibility index (Phi) is 12.9. The SMILES string of the molecule is CCCC(NC)C(=O)NC(C)(C=O)NC(C)C(=O)CC(C)C(CC(C)C)C(C)=NC. The van der Waals surface area contributed by atoms with Crippen LogP contribution in [-0.4, -0.2) is 55.5 Å². The number of amides is 1. The highest BCUT2D eigenvalue weighted by Gasteiger charge is 2.33. The van der Waals surface area contributed by atoms with Gasteiger partial charge < -0.3 is 10.6 Å². The Morgan fingerprint density at radius 2 is 1.77 bits per heavy atom. The van der Waals surface area contributed by atoms with E-state index in [9.17, 15) is 14.4 Å². The number of aliphatic imine (C=N–C) groups is 1. The maximum Gasteiger partial charge on any atom is 0.238 e. The molecule has 0 bridgehead atoms. The first-order valence-electron chi connectivity index (χ1n) is 11.1. The van der Waals surface area contributed by atoms with Gasteiger partial charge in [-0.1, -0.05) is 34.1 Å². The normalized spacial score (nSPS) is 18.3. The second-order valence-electron chi connectivity index (χ2n) is 9.05. The van der Waals surface area contributed by atoms with E-state index in [1.807, 2.05) is 13.8 Å². The van der Waals surface area contributed by atoms with E-state index in [0.29, 0.717) is 25.0 Å². The van der Waals surface area contributed by atoms with Crippen molar-refractivity contribution in [2.45, 2.75) is 91.9 Å². The number of aldehydes is 1. The summed E-state index contributed by atoms with van der Waals surface area (Å²) < 4.78 is 0. The summed E-state index contributed by atoms with van der Waals surface area (Å²) in [4.78, 5) is 41.5. The summed E-state index contributed by atoms with van der Waals surface area (Å²) in [5, 5.41) is 8.72. The molecule has 0 aliphatic heterocycles. The van der Waals surface area contributed by atoms with Gasteiger partial charge in [-0.05, 0) is 58.4 Å². The van der Waals surface area contributed by atoms with Gasteiger partial charge in [0.15, 0.2) is 6.29 Å². The third-order valence-electron chi connectivity index (χ3n) is 5.68. The number of carbonyl (C=O) groups is 3. The number of nitrogens with one attached hydrogen (secondary N) is 3. The summed E-state index contributed by atoms with van der Waals surface area (Å²) in [5.74, 6) is 0.649. The van der Waals surface area contributed by atoms with Crippen molar-refractivity contribution in [1.29, 1.82) is 0 Å². The van der Waals surface area contributed by atoms with E-state index in [-0.39, 0.29) is 29.6 Å². The second kappa shape index (κ2) is 13.7. The van der Waals surface area contributed by atoms with Crippen LogP contribution in [0.5, 0.6) is 0 Å². The van der Waals surface area contributed by atoms with Gasteiger partial charge in [0.05, 0.1) is 12.1 Å². The Labute approximate surface area is 183 Å². The highest BCUT2D eigenvalue weighted by molar-refractivity contribution is 5.88. The number of hydrogen-bond donors (Lipinski definition) is 3. The largest absolute Gasteiger partial charge is 0.331 e. The van der Waals surface area contributed by atoms with E-state index >= 15 is 0 Å². The van der Waals surface area contributed by atoms with Gasteiger partial charge in [0, 0.05) is 19.2 Å². The van der Waals surface area contributed by atoms with Gasteiger partial charge in [-0.25, -0.2) is 0 Å². The number of hydrogen-bond acceptors (Lipinski definition) is 6. The van der Waals surface area contributed by atoms with E-state index in [1.54, 1.807) is 27.9 Å². The standard InChI is InChI=1S/C23H44N4O3/c1-10-11-20(25-9)22(30)27-23(7,14-28)26-18(6)21(29)13-16(4)19(12-15(2)3)17(5)24-8/h14-16,18-20,25-26H,10-13H2,1-9H3,(H,27,30). The van der Waals surface area contributed by atoms with Crippen LogP contribution in [0.1, 0.15) is 74.1 Å². The number of likely N-dealkylation sites (N-methyl/N-ethyl adjacent to an activating group) is 1. The highest BCUT2D eigenvalue weighted by atomic mass is 16.2. The highest BCUT2D eigenvalue weighted by Crippen LogP contribution is 2.25. The molecule has 3 N–H and O–H groups in total. The maximum absolute atomic E-state index is 12.9. The van der Waals surface area contributed by atoms with E-state index in [1.165, 1.54) is 0 Å². The average molecular weight is 425 g/mol. The van der Waals surface area contributed by atoms with Crippen LogP contribution >= 0.6 is 0 Å². The molecular weight excluding hydrogens is 380 g/mol. The van der Waals surface area contributed by atoms with E-state index in [2.05, 4.69) is 41.7 Å². The van der Waals surface area contributed by atoms with Gasteiger partial charge in [-0.15, -0.1) is 0 Å². The smallest absolute Gasteiger partial charge is 0.238 e. The predicted molar refractivity (Wildman–Crippen MR) is 124 cm³/mol. The summed E-state index contributed by atoms with van der Waals surface area (Å²) in [7, 11) is 3.50. The molecule has 0 aromatic rings. The quantitative estimate of drug-likeness (QED) is 0.213. The van der Waals surface area contributed by atoms with Crippen molar-refractivity contribution in [2.75, 3.05) is 14.1 Å². The molecule has 0 radical (unpaired) electrons. The summed E-state index contributed by atoms with van der Waals surface area (Å²) in [6.07, 6.45) is 3.51. The zero-order chi connectivity index (χ0) is 23.5. The van der Waals surface area contributed by atoms with Crippen molar-refractivity contribution < 1.29 is 14.4 Å². The van der Waals surface area contributed by atoms with Crippen LogP contribution in [0.15, 0.2) is 4.99 Å². The lowest BCUT2D eigenvalue weighted by Crippen LogP contribution is -2.64. The number of ketones is 1.